The van der Waals surface area contributed by atoms with Crippen LogP contribution in [0.25, 0.3) is 0 Å². The number of fused-ring (bicyclic) bond motifs is 1. The molecule has 0 unspecified atom stereocenters. The van der Waals surface area contributed by atoms with Gasteiger partial charge in [0.25, 0.3) is 0 Å². The van der Waals surface area contributed by atoms with Crippen LogP contribution >= 0.6 is 47.3 Å². The van der Waals surface area contributed by atoms with E-state index in [4.69, 9.17) is 23.8 Å². The molecule has 1 saturated heterocycles. The summed E-state index contributed by atoms with van der Waals surface area (Å²) in [6.45, 7) is 0. The molecule has 2 aliphatic rings. The van der Waals surface area contributed by atoms with E-state index in [0.717, 1.165) is 26.0 Å². The second-order valence-corrected chi connectivity index (χ2v) is 8.63. The third-order valence-corrected chi connectivity index (χ3v) is 7.34. The predicted octanol–water partition coefficient (Wildman–Crippen LogP) is 5.69. The Hall–Kier alpha value is 0.0400. The Morgan fingerprint density at radius 2 is 1.68 bits per heavy atom. The van der Waals surface area contributed by atoms with Gasteiger partial charge in [-0.3, -0.25) is 0 Å². The molecular weight excluding hydrogens is 312 g/mol. The van der Waals surface area contributed by atoms with Crippen LogP contribution in [-0.4, -0.2) is 15.4 Å². The van der Waals surface area contributed by atoms with E-state index in [0.29, 0.717) is 0 Å². The van der Waals surface area contributed by atoms with Gasteiger partial charge in [-0.2, -0.15) is 0 Å². The molecule has 0 aromatic heterocycles. The first-order chi connectivity index (χ1) is 9.22. The number of hydrogen-bond donors (Lipinski definition) is 0. The maximum Gasteiger partial charge on any atom is 0.0465 e. The first-order valence-electron chi connectivity index (χ1n) is 6.57. The lowest BCUT2D eigenvalue weighted by Gasteiger charge is -2.21. The van der Waals surface area contributed by atoms with Crippen molar-refractivity contribution in [3.05, 3.63) is 45.2 Å². The van der Waals surface area contributed by atoms with Gasteiger partial charge in [-0.05, 0) is 36.6 Å². The first kappa shape index (κ1) is 14.0. The Bertz CT molecular complexity index is 491. The van der Waals surface area contributed by atoms with Gasteiger partial charge in [-0.25, -0.2) is 0 Å². The minimum absolute atomic E-state index is 0.759. The Kier molecular flexibility index (Phi) is 4.58. The van der Waals surface area contributed by atoms with Crippen molar-refractivity contribution in [1.82, 2.24) is 0 Å². The summed E-state index contributed by atoms with van der Waals surface area (Å²) in [4.78, 5) is 0.922. The molecule has 1 saturated carbocycles. The van der Waals surface area contributed by atoms with Crippen LogP contribution in [0.15, 0.2) is 34.6 Å². The zero-order valence-electron chi connectivity index (χ0n) is 10.5. The van der Waals surface area contributed by atoms with Gasteiger partial charge in [-0.1, -0.05) is 48.8 Å². The number of rotatable bonds is 2. The monoisotopic (exact) mass is 326 g/mol. The molecule has 0 spiro atoms. The average Bonchev–Trinajstić information content (AvgIpc) is 2.81. The topological polar surface area (TPSA) is 0 Å². The van der Waals surface area contributed by atoms with Gasteiger partial charge < -0.3 is 0 Å². The summed E-state index contributed by atoms with van der Waals surface area (Å²) in [6, 6.07) is 7.80. The van der Waals surface area contributed by atoms with Crippen molar-refractivity contribution in [2.45, 2.75) is 36.2 Å². The molecule has 0 radical (unpaired) electrons. The van der Waals surface area contributed by atoms with E-state index in [1.54, 1.807) is 0 Å². The van der Waals surface area contributed by atoms with Crippen LogP contribution in [0, 0.1) is 0 Å². The van der Waals surface area contributed by atoms with Gasteiger partial charge in [0.2, 0.25) is 0 Å². The van der Waals surface area contributed by atoms with E-state index < -0.39 is 0 Å². The number of hydrogen-bond acceptors (Lipinski definition) is 3. The number of allylic oxidation sites excluding steroid dienone is 1. The molecule has 1 aromatic carbocycles. The highest BCUT2D eigenvalue weighted by Gasteiger charge is 2.33. The Labute approximate surface area is 133 Å². The van der Waals surface area contributed by atoms with Crippen molar-refractivity contribution in [3.63, 3.8) is 0 Å². The molecule has 1 heterocycles. The fourth-order valence-corrected chi connectivity index (χ4v) is 6.47. The summed E-state index contributed by atoms with van der Waals surface area (Å²) in [5.41, 5.74) is 1.09. The molecule has 0 bridgehead atoms. The van der Waals surface area contributed by atoms with Gasteiger partial charge in [0.15, 0.2) is 0 Å². The molecule has 0 N–H and O–H groups in total. The lowest BCUT2D eigenvalue weighted by Crippen LogP contribution is -2.19. The smallest absolute Gasteiger partial charge is 0.0465 e. The second-order valence-electron chi connectivity index (χ2n) is 4.93. The van der Waals surface area contributed by atoms with Gasteiger partial charge in [0.05, 0.1) is 0 Å². The molecule has 19 heavy (non-hydrogen) atoms. The quantitative estimate of drug-likeness (QED) is 0.389. The van der Waals surface area contributed by atoms with Crippen LogP contribution in [0.5, 0.6) is 0 Å². The zero-order valence-corrected chi connectivity index (χ0v) is 13.7. The molecule has 2 atom stereocenters. The van der Waals surface area contributed by atoms with E-state index in [9.17, 15) is 0 Å². The van der Waals surface area contributed by atoms with Crippen LogP contribution in [0.4, 0.5) is 0 Å². The minimum atomic E-state index is 0.759. The largest absolute Gasteiger partial charge is 0.115 e. The molecule has 2 fully saturated rings. The van der Waals surface area contributed by atoms with Crippen LogP contribution in [0.1, 0.15) is 31.2 Å². The number of benzene rings is 1. The lowest BCUT2D eigenvalue weighted by molar-refractivity contribution is 0.532. The first-order valence-corrected chi connectivity index (χ1v) is 9.12. The summed E-state index contributed by atoms with van der Waals surface area (Å²) in [7, 11) is 0. The standard InChI is InChI=1S/C15H15ClS3/c16-11-7-5-10(6-8-11)12(17)9-15-18-13-3-1-2-4-14(13)19-15/h5-9,13-14H,1-4H2/t13-,14-/m0/s1. The Balaban J connectivity index is 1.72. The lowest BCUT2D eigenvalue weighted by atomic mass is 10.00. The maximum absolute atomic E-state index is 5.90. The third kappa shape index (κ3) is 3.38. The van der Waals surface area contributed by atoms with E-state index >= 15 is 0 Å². The molecule has 3 rings (SSSR count). The fourth-order valence-electron chi connectivity index (χ4n) is 2.53. The van der Waals surface area contributed by atoms with Gasteiger partial charge in [-0.15, -0.1) is 23.5 Å². The number of thioether (sulfide) groups is 2. The molecule has 1 aliphatic heterocycles. The maximum atomic E-state index is 5.90. The predicted molar refractivity (Wildman–Crippen MR) is 92.5 cm³/mol. The molecule has 100 valence electrons. The summed E-state index contributed by atoms with van der Waals surface area (Å²) in [5, 5.41) is 2.39. The second kappa shape index (κ2) is 6.21. The fraction of sp³-hybridized carbons (Fsp3) is 0.400. The molecule has 0 amide bonds. The number of halogens is 1. The van der Waals surface area contributed by atoms with Crippen molar-refractivity contribution in [2.75, 3.05) is 0 Å². The summed E-state index contributed by atoms with van der Waals surface area (Å²) < 4.78 is 1.40. The van der Waals surface area contributed by atoms with Gasteiger partial charge in [0, 0.05) is 24.6 Å². The van der Waals surface area contributed by atoms with Crippen LogP contribution in [0.2, 0.25) is 5.02 Å². The summed E-state index contributed by atoms with van der Waals surface area (Å²) in [6.07, 6.45) is 7.69. The SMILES string of the molecule is S=C(C=C1S[C@H]2CCCC[C@@H]2S1)c1ccc(Cl)cc1. The highest BCUT2D eigenvalue weighted by atomic mass is 35.5. The minimum Gasteiger partial charge on any atom is -0.115 e. The van der Waals surface area contributed by atoms with E-state index in [1.165, 1.54) is 29.9 Å². The summed E-state index contributed by atoms with van der Waals surface area (Å²) in [5.74, 6) is 0. The van der Waals surface area contributed by atoms with Gasteiger partial charge in [0.1, 0.15) is 0 Å². The van der Waals surface area contributed by atoms with E-state index in [2.05, 4.69) is 6.08 Å². The summed E-state index contributed by atoms with van der Waals surface area (Å²) >= 11 is 15.5. The number of thiocarbonyl (C=S) groups is 1. The third-order valence-electron chi connectivity index (χ3n) is 3.55. The van der Waals surface area contributed by atoms with Crippen LogP contribution in [-0.2, 0) is 0 Å². The molecule has 0 nitrogen and oxygen atoms in total. The Morgan fingerprint density at radius 1 is 1.11 bits per heavy atom. The highest BCUT2D eigenvalue weighted by Crippen LogP contribution is 2.52. The Morgan fingerprint density at radius 3 is 2.26 bits per heavy atom. The molecule has 1 aromatic rings. The molecular formula is C15H15ClS3. The van der Waals surface area contributed by atoms with Crippen molar-refractivity contribution >= 4 is 52.2 Å². The van der Waals surface area contributed by atoms with Crippen molar-refractivity contribution < 1.29 is 0 Å². The normalized spacial score (nSPS) is 26.1. The van der Waals surface area contributed by atoms with Crippen molar-refractivity contribution in [1.29, 1.82) is 0 Å². The van der Waals surface area contributed by atoms with Crippen molar-refractivity contribution in [3.8, 4) is 0 Å². The average molecular weight is 327 g/mol. The van der Waals surface area contributed by atoms with Crippen LogP contribution in [0.3, 0.4) is 0 Å². The van der Waals surface area contributed by atoms with E-state index in [-0.39, 0.29) is 0 Å². The zero-order chi connectivity index (χ0) is 13.2. The molecule has 1 aliphatic carbocycles. The highest BCUT2D eigenvalue weighted by molar-refractivity contribution is 8.26. The van der Waals surface area contributed by atoms with Crippen molar-refractivity contribution in [2.24, 2.45) is 0 Å². The molecule has 4 heteroatoms. The van der Waals surface area contributed by atoms with Crippen LogP contribution < -0.4 is 0 Å². The van der Waals surface area contributed by atoms with Gasteiger partial charge >= 0.3 is 0 Å². The van der Waals surface area contributed by atoms with E-state index in [1.807, 2.05) is 47.8 Å².